The molecule has 1 aromatic rings. The van der Waals surface area contributed by atoms with Crippen LogP contribution in [0.15, 0.2) is 30.9 Å². The first-order valence-electron chi connectivity index (χ1n) is 5.37. The average Bonchev–Trinajstić information content (AvgIpc) is 2.34. The van der Waals surface area contributed by atoms with Crippen molar-refractivity contribution in [2.75, 3.05) is 13.7 Å². The molecule has 92 valence electrons. The molecule has 0 radical (unpaired) electrons. The Hall–Kier alpha value is -1.48. The van der Waals surface area contributed by atoms with Crippen LogP contribution in [0.1, 0.15) is 12.0 Å². The number of ether oxygens (including phenoxy) is 1. The van der Waals surface area contributed by atoms with E-state index in [1.165, 1.54) is 0 Å². The van der Waals surface area contributed by atoms with Gasteiger partial charge in [0.25, 0.3) is 0 Å². The summed E-state index contributed by atoms with van der Waals surface area (Å²) in [5, 5.41) is 3.29. The van der Waals surface area contributed by atoms with E-state index < -0.39 is 0 Å². The zero-order valence-electron chi connectivity index (χ0n) is 9.83. The smallest absolute Gasteiger partial charge is 0.220 e. The topological polar surface area (TPSA) is 38.3 Å². The fraction of sp³-hybridized carbons (Fsp3) is 0.308. The molecule has 1 aromatic carbocycles. The first kappa shape index (κ1) is 13.6. The van der Waals surface area contributed by atoms with Crippen LogP contribution in [-0.2, 0) is 11.2 Å². The summed E-state index contributed by atoms with van der Waals surface area (Å²) in [7, 11) is 1.57. The Balaban J connectivity index is 2.49. The molecule has 1 rings (SSSR count). The van der Waals surface area contributed by atoms with Gasteiger partial charge >= 0.3 is 0 Å². The molecule has 0 heterocycles. The molecule has 0 aliphatic heterocycles. The molecule has 0 saturated carbocycles. The lowest BCUT2D eigenvalue weighted by molar-refractivity contribution is -0.120. The number of hydrogen-bond donors (Lipinski definition) is 1. The molecule has 0 aliphatic rings. The van der Waals surface area contributed by atoms with Crippen LogP contribution in [0.25, 0.3) is 0 Å². The second kappa shape index (κ2) is 6.97. The Morgan fingerprint density at radius 1 is 1.59 bits per heavy atom. The van der Waals surface area contributed by atoms with E-state index >= 15 is 0 Å². The summed E-state index contributed by atoms with van der Waals surface area (Å²) >= 11 is 5.99. The van der Waals surface area contributed by atoms with Gasteiger partial charge in [0.2, 0.25) is 5.91 Å². The molecule has 0 aromatic heterocycles. The summed E-state index contributed by atoms with van der Waals surface area (Å²) in [5.41, 5.74) is 1.02. The van der Waals surface area contributed by atoms with Gasteiger partial charge in [-0.2, -0.15) is 0 Å². The van der Waals surface area contributed by atoms with Gasteiger partial charge in [-0.15, -0.1) is 6.58 Å². The lowest BCUT2D eigenvalue weighted by Gasteiger charge is -2.06. The quantitative estimate of drug-likeness (QED) is 0.792. The third-order valence-electron chi connectivity index (χ3n) is 2.30. The molecule has 0 saturated heterocycles. The number of carbonyl (C=O) groups is 1. The zero-order valence-corrected chi connectivity index (χ0v) is 10.6. The molecule has 3 nitrogen and oxygen atoms in total. The van der Waals surface area contributed by atoms with Crippen LogP contribution in [0.4, 0.5) is 0 Å². The van der Waals surface area contributed by atoms with Crippen molar-refractivity contribution in [3.05, 3.63) is 41.4 Å². The highest BCUT2D eigenvalue weighted by atomic mass is 35.5. The molecule has 1 N–H and O–H groups in total. The summed E-state index contributed by atoms with van der Waals surface area (Å²) in [6, 6.07) is 5.53. The van der Waals surface area contributed by atoms with Gasteiger partial charge in [-0.25, -0.2) is 0 Å². The predicted octanol–water partition coefficient (Wildman–Crippen LogP) is 2.58. The van der Waals surface area contributed by atoms with Gasteiger partial charge in [0, 0.05) is 13.0 Å². The summed E-state index contributed by atoms with van der Waals surface area (Å²) in [6.07, 6.45) is 2.76. The van der Waals surface area contributed by atoms with Crippen LogP contribution in [0, 0.1) is 0 Å². The second-order valence-electron chi connectivity index (χ2n) is 3.56. The van der Waals surface area contributed by atoms with Gasteiger partial charge in [0.1, 0.15) is 5.75 Å². The first-order valence-corrected chi connectivity index (χ1v) is 5.75. The molecule has 1 amide bonds. The van der Waals surface area contributed by atoms with Crippen LogP contribution in [-0.4, -0.2) is 19.6 Å². The minimum Gasteiger partial charge on any atom is -0.495 e. The summed E-state index contributed by atoms with van der Waals surface area (Å²) < 4.78 is 5.06. The molecule has 4 heteroatoms. The molecule has 0 atom stereocenters. The minimum atomic E-state index is 0.0110. The van der Waals surface area contributed by atoms with Gasteiger partial charge in [-0.3, -0.25) is 4.79 Å². The number of halogens is 1. The van der Waals surface area contributed by atoms with Crippen molar-refractivity contribution < 1.29 is 9.53 Å². The third kappa shape index (κ3) is 4.49. The van der Waals surface area contributed by atoms with Crippen LogP contribution in [0.3, 0.4) is 0 Å². The Morgan fingerprint density at radius 2 is 2.35 bits per heavy atom. The summed E-state index contributed by atoms with van der Waals surface area (Å²) in [6.45, 7) is 4.04. The van der Waals surface area contributed by atoms with Gasteiger partial charge in [-0.1, -0.05) is 23.7 Å². The third-order valence-corrected chi connectivity index (χ3v) is 2.60. The Morgan fingerprint density at radius 3 is 2.94 bits per heavy atom. The predicted molar refractivity (Wildman–Crippen MR) is 69.5 cm³/mol. The van der Waals surface area contributed by atoms with E-state index in [1.54, 1.807) is 19.3 Å². The maximum Gasteiger partial charge on any atom is 0.220 e. The van der Waals surface area contributed by atoms with Crippen molar-refractivity contribution >= 4 is 17.5 Å². The SMILES string of the molecule is C=CCNC(=O)CCc1ccc(OC)c(Cl)c1. The lowest BCUT2D eigenvalue weighted by Crippen LogP contribution is -2.23. The number of rotatable bonds is 6. The maximum absolute atomic E-state index is 11.4. The highest BCUT2D eigenvalue weighted by Crippen LogP contribution is 2.25. The molecular weight excluding hydrogens is 238 g/mol. The Bertz CT molecular complexity index is 404. The van der Waals surface area contributed by atoms with Crippen molar-refractivity contribution in [3.8, 4) is 5.75 Å². The zero-order chi connectivity index (χ0) is 12.7. The van der Waals surface area contributed by atoms with E-state index in [2.05, 4.69) is 11.9 Å². The lowest BCUT2D eigenvalue weighted by atomic mass is 10.1. The minimum absolute atomic E-state index is 0.0110. The molecule has 0 bridgehead atoms. The van der Waals surface area contributed by atoms with Crippen molar-refractivity contribution in [3.63, 3.8) is 0 Å². The molecule has 0 aliphatic carbocycles. The standard InChI is InChI=1S/C13H16ClNO2/c1-3-8-15-13(16)7-5-10-4-6-12(17-2)11(14)9-10/h3-4,6,9H,1,5,7-8H2,2H3,(H,15,16). The van der Waals surface area contributed by atoms with Crippen molar-refractivity contribution in [1.29, 1.82) is 0 Å². The number of aryl methyl sites for hydroxylation is 1. The molecule has 17 heavy (non-hydrogen) atoms. The molecular formula is C13H16ClNO2. The van der Waals surface area contributed by atoms with Crippen molar-refractivity contribution in [2.45, 2.75) is 12.8 Å². The number of methoxy groups -OCH3 is 1. The van der Waals surface area contributed by atoms with Crippen LogP contribution < -0.4 is 10.1 Å². The van der Waals surface area contributed by atoms with E-state index in [-0.39, 0.29) is 5.91 Å². The maximum atomic E-state index is 11.4. The van der Waals surface area contributed by atoms with Gasteiger partial charge < -0.3 is 10.1 Å². The molecule has 0 spiro atoms. The molecule has 0 fully saturated rings. The fourth-order valence-electron chi connectivity index (χ4n) is 1.40. The number of nitrogens with one attached hydrogen (secondary N) is 1. The fourth-order valence-corrected chi connectivity index (χ4v) is 1.68. The highest BCUT2D eigenvalue weighted by Gasteiger charge is 2.04. The van der Waals surface area contributed by atoms with E-state index in [9.17, 15) is 4.79 Å². The van der Waals surface area contributed by atoms with Gasteiger partial charge in [0.05, 0.1) is 12.1 Å². The van der Waals surface area contributed by atoms with E-state index in [1.807, 2.05) is 12.1 Å². The summed E-state index contributed by atoms with van der Waals surface area (Å²) in [4.78, 5) is 11.4. The largest absolute Gasteiger partial charge is 0.495 e. The van der Waals surface area contributed by atoms with Crippen molar-refractivity contribution in [1.82, 2.24) is 5.32 Å². The van der Waals surface area contributed by atoms with Crippen molar-refractivity contribution in [2.24, 2.45) is 0 Å². The average molecular weight is 254 g/mol. The van der Waals surface area contributed by atoms with Gasteiger partial charge in [-0.05, 0) is 24.1 Å². The highest BCUT2D eigenvalue weighted by molar-refractivity contribution is 6.32. The number of carbonyl (C=O) groups excluding carboxylic acids is 1. The number of hydrogen-bond acceptors (Lipinski definition) is 2. The summed E-state index contributed by atoms with van der Waals surface area (Å²) in [5.74, 6) is 0.656. The monoisotopic (exact) mass is 253 g/mol. The van der Waals surface area contributed by atoms with Gasteiger partial charge in [0.15, 0.2) is 0 Å². The van der Waals surface area contributed by atoms with Crippen LogP contribution in [0.5, 0.6) is 5.75 Å². The first-order chi connectivity index (χ1) is 8.17. The van der Waals surface area contributed by atoms with Crippen LogP contribution >= 0.6 is 11.6 Å². The van der Waals surface area contributed by atoms with E-state index in [0.29, 0.717) is 30.2 Å². The molecule has 0 unspecified atom stereocenters. The van der Waals surface area contributed by atoms with E-state index in [4.69, 9.17) is 16.3 Å². The van der Waals surface area contributed by atoms with E-state index in [0.717, 1.165) is 5.56 Å². The number of amides is 1. The Kier molecular flexibility index (Phi) is 5.57. The second-order valence-corrected chi connectivity index (χ2v) is 3.97. The Labute approximate surface area is 106 Å². The van der Waals surface area contributed by atoms with Crippen LogP contribution in [0.2, 0.25) is 5.02 Å². The number of benzene rings is 1. The normalized spacial score (nSPS) is 9.76.